The average molecular weight is 245 g/mol. The maximum atomic E-state index is 11.1. The van der Waals surface area contributed by atoms with Gasteiger partial charge < -0.3 is 10.1 Å². The van der Waals surface area contributed by atoms with Crippen LogP contribution in [-0.4, -0.2) is 16.1 Å². The third-order valence-corrected chi connectivity index (χ3v) is 3.58. The molecule has 0 aliphatic carbocycles. The van der Waals surface area contributed by atoms with E-state index in [1.165, 1.54) is 5.56 Å². The lowest BCUT2D eigenvalue weighted by Gasteiger charge is -2.08. The molecule has 1 heterocycles. The van der Waals surface area contributed by atoms with Gasteiger partial charge in [0.25, 0.3) is 0 Å². The van der Waals surface area contributed by atoms with E-state index in [1.54, 1.807) is 0 Å². The molecular formula is C15H19NO2. The maximum Gasteiger partial charge on any atom is 0.306 e. The molecule has 3 heteroatoms. The summed E-state index contributed by atoms with van der Waals surface area (Å²) < 4.78 is 0. The van der Waals surface area contributed by atoms with Crippen LogP contribution in [0.4, 0.5) is 0 Å². The topological polar surface area (TPSA) is 53.1 Å². The molecule has 2 N–H and O–H groups in total. The van der Waals surface area contributed by atoms with Gasteiger partial charge >= 0.3 is 5.97 Å². The van der Waals surface area contributed by atoms with Crippen LogP contribution in [0.2, 0.25) is 0 Å². The van der Waals surface area contributed by atoms with Crippen LogP contribution in [0.25, 0.3) is 10.9 Å². The van der Waals surface area contributed by atoms with Crippen molar-refractivity contribution in [3.05, 3.63) is 35.5 Å². The number of nitrogens with one attached hydrogen (secondary N) is 1. The van der Waals surface area contributed by atoms with Gasteiger partial charge in [-0.1, -0.05) is 32.0 Å². The number of fused-ring (bicyclic) bond motifs is 1. The quantitative estimate of drug-likeness (QED) is 0.848. The van der Waals surface area contributed by atoms with Gasteiger partial charge in [-0.2, -0.15) is 0 Å². The minimum atomic E-state index is -0.710. The summed E-state index contributed by atoms with van der Waals surface area (Å²) in [4.78, 5) is 14.4. The van der Waals surface area contributed by atoms with Gasteiger partial charge in [0.15, 0.2) is 0 Å². The number of para-hydroxylation sites is 1. The first kappa shape index (κ1) is 12.7. The van der Waals surface area contributed by atoms with Gasteiger partial charge in [0.1, 0.15) is 0 Å². The Kier molecular flexibility index (Phi) is 3.70. The summed E-state index contributed by atoms with van der Waals surface area (Å²) >= 11 is 0. The van der Waals surface area contributed by atoms with Crippen LogP contribution in [0.1, 0.15) is 31.4 Å². The summed E-state index contributed by atoms with van der Waals surface area (Å²) in [6.07, 6.45) is 4.19. The molecule has 0 saturated heterocycles. The van der Waals surface area contributed by atoms with E-state index >= 15 is 0 Å². The number of carboxylic acid groups (broad SMARTS) is 1. The minimum Gasteiger partial charge on any atom is -0.481 e. The Bertz CT molecular complexity index is 557. The maximum absolute atomic E-state index is 11.1. The van der Waals surface area contributed by atoms with Crippen molar-refractivity contribution in [2.24, 2.45) is 5.92 Å². The standard InChI is InChI=1S/C15H19NO2/c1-3-10-6-5-7-13-12(9-16-14(10)13)8-11(4-2)15(17)18/h5-7,9,11,16H,3-4,8H2,1-2H3,(H,17,18)/t11-/m0/s1. The summed E-state index contributed by atoms with van der Waals surface area (Å²) in [6, 6.07) is 6.21. The molecule has 0 fully saturated rings. The zero-order valence-corrected chi connectivity index (χ0v) is 10.9. The van der Waals surface area contributed by atoms with Gasteiger partial charge in [-0.3, -0.25) is 4.79 Å². The van der Waals surface area contributed by atoms with Gasteiger partial charge in [-0.25, -0.2) is 0 Å². The minimum absolute atomic E-state index is 0.297. The number of aromatic amines is 1. The number of carbonyl (C=O) groups is 1. The molecule has 0 radical (unpaired) electrons. The Labute approximate surface area is 107 Å². The Morgan fingerprint density at radius 1 is 1.33 bits per heavy atom. The summed E-state index contributed by atoms with van der Waals surface area (Å²) in [5, 5.41) is 10.3. The fourth-order valence-corrected chi connectivity index (χ4v) is 2.41. The number of hydrogen-bond donors (Lipinski definition) is 2. The molecular weight excluding hydrogens is 226 g/mol. The lowest BCUT2D eigenvalue weighted by molar-refractivity contribution is -0.141. The molecule has 18 heavy (non-hydrogen) atoms. The summed E-state index contributed by atoms with van der Waals surface area (Å²) in [7, 11) is 0. The normalized spacial score (nSPS) is 12.8. The molecule has 2 aromatic rings. The van der Waals surface area contributed by atoms with E-state index in [0.29, 0.717) is 12.8 Å². The lowest BCUT2D eigenvalue weighted by Crippen LogP contribution is -2.15. The molecule has 1 aromatic carbocycles. The third kappa shape index (κ3) is 2.26. The van der Waals surface area contributed by atoms with E-state index in [9.17, 15) is 4.79 Å². The van der Waals surface area contributed by atoms with Gasteiger partial charge in [0, 0.05) is 17.1 Å². The number of benzene rings is 1. The monoisotopic (exact) mass is 245 g/mol. The van der Waals surface area contributed by atoms with Crippen molar-refractivity contribution >= 4 is 16.9 Å². The zero-order valence-electron chi connectivity index (χ0n) is 10.9. The second-order valence-electron chi connectivity index (χ2n) is 4.65. The largest absolute Gasteiger partial charge is 0.481 e. The Hall–Kier alpha value is -1.77. The van der Waals surface area contributed by atoms with Crippen LogP contribution in [0.5, 0.6) is 0 Å². The lowest BCUT2D eigenvalue weighted by atomic mass is 9.96. The van der Waals surface area contributed by atoms with Crippen molar-refractivity contribution in [3.8, 4) is 0 Å². The number of carboxylic acids is 1. The molecule has 1 aromatic heterocycles. The SMILES string of the molecule is CCc1cccc2c(C[C@H](CC)C(=O)O)c[nH]c12. The van der Waals surface area contributed by atoms with Gasteiger partial charge in [0.2, 0.25) is 0 Å². The number of H-pyrrole nitrogens is 1. The highest BCUT2D eigenvalue weighted by molar-refractivity contribution is 5.86. The van der Waals surface area contributed by atoms with E-state index in [1.807, 2.05) is 19.2 Å². The van der Waals surface area contributed by atoms with Crippen molar-refractivity contribution in [1.82, 2.24) is 4.98 Å². The first-order chi connectivity index (χ1) is 8.67. The van der Waals surface area contributed by atoms with Crippen LogP contribution in [0.3, 0.4) is 0 Å². The molecule has 0 amide bonds. The fraction of sp³-hybridized carbons (Fsp3) is 0.400. The van der Waals surface area contributed by atoms with Gasteiger partial charge in [-0.05, 0) is 30.4 Å². The molecule has 3 nitrogen and oxygen atoms in total. The van der Waals surface area contributed by atoms with Crippen molar-refractivity contribution in [2.45, 2.75) is 33.1 Å². The fourth-order valence-electron chi connectivity index (χ4n) is 2.41. The van der Waals surface area contributed by atoms with E-state index < -0.39 is 5.97 Å². The average Bonchev–Trinajstić information content (AvgIpc) is 2.78. The first-order valence-corrected chi connectivity index (χ1v) is 6.48. The molecule has 0 bridgehead atoms. The Morgan fingerprint density at radius 3 is 2.72 bits per heavy atom. The van der Waals surface area contributed by atoms with Crippen LogP contribution in [0, 0.1) is 5.92 Å². The van der Waals surface area contributed by atoms with Crippen molar-refractivity contribution < 1.29 is 9.90 Å². The highest BCUT2D eigenvalue weighted by atomic mass is 16.4. The Morgan fingerprint density at radius 2 is 2.11 bits per heavy atom. The van der Waals surface area contributed by atoms with E-state index in [2.05, 4.69) is 24.0 Å². The van der Waals surface area contributed by atoms with Crippen LogP contribution >= 0.6 is 0 Å². The number of rotatable bonds is 5. The molecule has 0 aliphatic heterocycles. The number of aliphatic carboxylic acids is 1. The van der Waals surface area contributed by atoms with Crippen LogP contribution in [0.15, 0.2) is 24.4 Å². The highest BCUT2D eigenvalue weighted by Gasteiger charge is 2.17. The van der Waals surface area contributed by atoms with Crippen LogP contribution in [-0.2, 0) is 17.6 Å². The zero-order chi connectivity index (χ0) is 13.1. The molecule has 0 unspecified atom stereocenters. The summed E-state index contributed by atoms with van der Waals surface area (Å²) in [5.74, 6) is -1.01. The molecule has 0 saturated carbocycles. The van der Waals surface area contributed by atoms with Crippen molar-refractivity contribution in [2.75, 3.05) is 0 Å². The molecule has 1 atom stereocenters. The summed E-state index contributed by atoms with van der Waals surface area (Å²) in [6.45, 7) is 4.05. The second-order valence-corrected chi connectivity index (χ2v) is 4.65. The number of aryl methyl sites for hydroxylation is 1. The Balaban J connectivity index is 2.38. The second kappa shape index (κ2) is 5.25. The molecule has 0 aliphatic rings. The third-order valence-electron chi connectivity index (χ3n) is 3.58. The summed E-state index contributed by atoms with van der Waals surface area (Å²) in [5.41, 5.74) is 3.53. The molecule has 0 spiro atoms. The van der Waals surface area contributed by atoms with Gasteiger partial charge in [-0.15, -0.1) is 0 Å². The first-order valence-electron chi connectivity index (χ1n) is 6.48. The van der Waals surface area contributed by atoms with E-state index in [-0.39, 0.29) is 5.92 Å². The molecule has 2 rings (SSSR count). The smallest absolute Gasteiger partial charge is 0.306 e. The predicted octanol–water partition coefficient (Wildman–Crippen LogP) is 3.38. The van der Waals surface area contributed by atoms with Gasteiger partial charge in [0.05, 0.1) is 5.92 Å². The van der Waals surface area contributed by atoms with Crippen LogP contribution < -0.4 is 0 Å². The van der Waals surface area contributed by atoms with Crippen molar-refractivity contribution in [3.63, 3.8) is 0 Å². The highest BCUT2D eigenvalue weighted by Crippen LogP contribution is 2.25. The predicted molar refractivity (Wildman–Crippen MR) is 72.8 cm³/mol. The van der Waals surface area contributed by atoms with E-state index in [0.717, 1.165) is 22.9 Å². The molecule has 96 valence electrons. The van der Waals surface area contributed by atoms with E-state index in [4.69, 9.17) is 5.11 Å². The van der Waals surface area contributed by atoms with Crippen molar-refractivity contribution in [1.29, 1.82) is 0 Å². The number of hydrogen-bond acceptors (Lipinski definition) is 1. The number of aromatic nitrogens is 1.